The summed E-state index contributed by atoms with van der Waals surface area (Å²) in [5.41, 5.74) is 7.56. The van der Waals surface area contributed by atoms with Gasteiger partial charge in [0.25, 0.3) is 5.91 Å². The van der Waals surface area contributed by atoms with Gasteiger partial charge in [0.2, 0.25) is 0 Å². The Bertz CT molecular complexity index is 517. The average molecular weight is 287 g/mol. The number of hydrogen-bond acceptors (Lipinski definition) is 3. The van der Waals surface area contributed by atoms with Crippen LogP contribution in [0.15, 0.2) is 24.3 Å². The number of carbonyl (C=O) groups is 1. The first-order chi connectivity index (χ1) is 10.2. The van der Waals surface area contributed by atoms with Crippen molar-refractivity contribution in [1.82, 2.24) is 9.80 Å². The van der Waals surface area contributed by atoms with Crippen LogP contribution in [0, 0.1) is 0 Å². The van der Waals surface area contributed by atoms with E-state index in [-0.39, 0.29) is 5.91 Å². The molecule has 3 rings (SSSR count). The zero-order valence-corrected chi connectivity index (χ0v) is 12.8. The van der Waals surface area contributed by atoms with E-state index in [4.69, 9.17) is 5.73 Å². The Morgan fingerprint density at radius 1 is 1.29 bits per heavy atom. The summed E-state index contributed by atoms with van der Waals surface area (Å²) in [5, 5.41) is 0. The molecule has 2 saturated heterocycles. The highest BCUT2D eigenvalue weighted by Gasteiger charge is 2.36. The summed E-state index contributed by atoms with van der Waals surface area (Å²) in [4.78, 5) is 17.3. The van der Waals surface area contributed by atoms with Crippen LogP contribution in [0.5, 0.6) is 0 Å². The van der Waals surface area contributed by atoms with Gasteiger partial charge in [-0.15, -0.1) is 0 Å². The fourth-order valence-electron chi connectivity index (χ4n) is 3.70. The molecule has 0 spiro atoms. The predicted molar refractivity (Wildman–Crippen MR) is 84.3 cm³/mol. The second kappa shape index (κ2) is 6.16. The molecule has 2 unspecified atom stereocenters. The van der Waals surface area contributed by atoms with Gasteiger partial charge in [-0.3, -0.25) is 9.69 Å². The summed E-state index contributed by atoms with van der Waals surface area (Å²) in [6, 6.07) is 9.14. The van der Waals surface area contributed by atoms with Crippen molar-refractivity contribution in [2.75, 3.05) is 26.7 Å². The first kappa shape index (κ1) is 14.5. The maximum absolute atomic E-state index is 12.8. The second-order valence-electron chi connectivity index (χ2n) is 6.33. The molecule has 21 heavy (non-hydrogen) atoms. The molecule has 2 bridgehead atoms. The van der Waals surface area contributed by atoms with Gasteiger partial charge in [0.1, 0.15) is 0 Å². The van der Waals surface area contributed by atoms with Crippen molar-refractivity contribution < 1.29 is 4.79 Å². The number of rotatable bonds is 3. The zero-order chi connectivity index (χ0) is 14.8. The molecule has 4 nitrogen and oxygen atoms in total. The van der Waals surface area contributed by atoms with Crippen LogP contribution in [0.2, 0.25) is 0 Å². The van der Waals surface area contributed by atoms with Crippen LogP contribution >= 0.6 is 0 Å². The lowest BCUT2D eigenvalue weighted by Gasteiger charge is -2.26. The van der Waals surface area contributed by atoms with Gasteiger partial charge in [-0.2, -0.15) is 0 Å². The van der Waals surface area contributed by atoms with Gasteiger partial charge >= 0.3 is 0 Å². The smallest absolute Gasteiger partial charge is 0.253 e. The third kappa shape index (κ3) is 2.97. The normalized spacial score (nSPS) is 25.9. The molecule has 2 heterocycles. The summed E-state index contributed by atoms with van der Waals surface area (Å²) in [7, 11) is 2.21. The molecule has 2 atom stereocenters. The molecule has 2 N–H and O–H groups in total. The van der Waals surface area contributed by atoms with Crippen molar-refractivity contribution in [2.24, 2.45) is 5.73 Å². The van der Waals surface area contributed by atoms with Gasteiger partial charge in [-0.05, 0) is 57.0 Å². The van der Waals surface area contributed by atoms with Crippen LogP contribution in [0.1, 0.15) is 35.2 Å². The van der Waals surface area contributed by atoms with Crippen molar-refractivity contribution in [2.45, 2.75) is 37.8 Å². The van der Waals surface area contributed by atoms with Crippen molar-refractivity contribution in [1.29, 1.82) is 0 Å². The van der Waals surface area contributed by atoms with Crippen molar-refractivity contribution in [3.63, 3.8) is 0 Å². The Balaban J connectivity index is 1.74. The molecule has 0 radical (unpaired) electrons. The fourth-order valence-corrected chi connectivity index (χ4v) is 3.70. The molecule has 2 fully saturated rings. The number of hydrogen-bond donors (Lipinski definition) is 1. The molecule has 114 valence electrons. The van der Waals surface area contributed by atoms with Crippen LogP contribution in [0.25, 0.3) is 0 Å². The molecule has 1 aromatic carbocycles. The quantitative estimate of drug-likeness (QED) is 0.916. The minimum absolute atomic E-state index is 0.176. The summed E-state index contributed by atoms with van der Waals surface area (Å²) in [5.74, 6) is 0.176. The van der Waals surface area contributed by atoms with Crippen LogP contribution in [0.4, 0.5) is 0 Å². The predicted octanol–water partition coefficient (Wildman–Crippen LogP) is 1.50. The number of likely N-dealkylation sites (N-methyl/N-ethyl adjacent to an activating group) is 1. The second-order valence-corrected chi connectivity index (χ2v) is 6.33. The molecular formula is C17H25N3O. The zero-order valence-electron chi connectivity index (χ0n) is 12.8. The first-order valence-corrected chi connectivity index (χ1v) is 7.99. The molecule has 2 aliphatic heterocycles. The van der Waals surface area contributed by atoms with Crippen LogP contribution in [-0.4, -0.2) is 54.5 Å². The van der Waals surface area contributed by atoms with Crippen molar-refractivity contribution in [3.8, 4) is 0 Å². The van der Waals surface area contributed by atoms with Gasteiger partial charge in [0.15, 0.2) is 0 Å². The lowest BCUT2D eigenvalue weighted by atomic mass is 10.1. The van der Waals surface area contributed by atoms with Gasteiger partial charge in [-0.25, -0.2) is 0 Å². The standard InChI is InChI=1S/C17H25N3O/c1-19-15-5-6-16(19)12-20(10-8-15)17(21)14-4-2-3-13(11-14)7-9-18/h2-4,11,15-16H,5-10,12,18H2,1H3. The minimum atomic E-state index is 0.176. The molecule has 1 amide bonds. The maximum Gasteiger partial charge on any atom is 0.253 e. The molecule has 0 saturated carbocycles. The molecule has 1 aromatic rings. The highest BCUT2D eigenvalue weighted by Crippen LogP contribution is 2.29. The Hall–Kier alpha value is -1.39. The minimum Gasteiger partial charge on any atom is -0.337 e. The third-order valence-electron chi connectivity index (χ3n) is 5.04. The number of nitrogens with two attached hydrogens (primary N) is 1. The Kier molecular flexibility index (Phi) is 4.27. The van der Waals surface area contributed by atoms with Gasteiger partial charge in [-0.1, -0.05) is 12.1 Å². The lowest BCUT2D eigenvalue weighted by Crippen LogP contribution is -2.39. The van der Waals surface area contributed by atoms with E-state index in [2.05, 4.69) is 11.9 Å². The van der Waals surface area contributed by atoms with Crippen molar-refractivity contribution in [3.05, 3.63) is 35.4 Å². The summed E-state index contributed by atoms with van der Waals surface area (Å²) in [6.07, 6.45) is 4.43. The topological polar surface area (TPSA) is 49.6 Å². The molecular weight excluding hydrogens is 262 g/mol. The first-order valence-electron chi connectivity index (χ1n) is 7.99. The van der Waals surface area contributed by atoms with Crippen molar-refractivity contribution >= 4 is 5.91 Å². The maximum atomic E-state index is 12.8. The molecule has 0 aromatic heterocycles. The highest BCUT2D eigenvalue weighted by atomic mass is 16.2. The van der Waals surface area contributed by atoms with E-state index >= 15 is 0 Å². The third-order valence-corrected chi connectivity index (χ3v) is 5.04. The van der Waals surface area contributed by atoms with E-state index in [1.165, 1.54) is 12.8 Å². The SMILES string of the molecule is CN1C2CCC1CN(C(=O)c1cccc(CCN)c1)CC2. The number of benzene rings is 1. The van der Waals surface area contributed by atoms with Gasteiger partial charge in [0, 0.05) is 30.7 Å². The van der Waals surface area contributed by atoms with Crippen LogP contribution < -0.4 is 5.73 Å². The van der Waals surface area contributed by atoms with E-state index in [9.17, 15) is 4.79 Å². The Morgan fingerprint density at radius 3 is 2.90 bits per heavy atom. The number of likely N-dealkylation sites (tertiary alicyclic amines) is 1. The molecule has 0 aliphatic carbocycles. The number of amides is 1. The Morgan fingerprint density at radius 2 is 2.10 bits per heavy atom. The largest absolute Gasteiger partial charge is 0.337 e. The van der Waals surface area contributed by atoms with Gasteiger partial charge < -0.3 is 10.6 Å². The van der Waals surface area contributed by atoms with Crippen LogP contribution in [0.3, 0.4) is 0 Å². The number of nitrogens with zero attached hydrogens (tertiary/aromatic N) is 2. The fraction of sp³-hybridized carbons (Fsp3) is 0.588. The van der Waals surface area contributed by atoms with E-state index in [0.29, 0.717) is 18.6 Å². The monoisotopic (exact) mass is 287 g/mol. The number of carbonyl (C=O) groups excluding carboxylic acids is 1. The number of fused-ring (bicyclic) bond motifs is 2. The van der Waals surface area contributed by atoms with E-state index in [0.717, 1.165) is 37.1 Å². The Labute approximate surface area is 126 Å². The average Bonchev–Trinajstić information content (AvgIpc) is 2.72. The molecule has 2 aliphatic rings. The highest BCUT2D eigenvalue weighted by molar-refractivity contribution is 5.94. The van der Waals surface area contributed by atoms with Gasteiger partial charge in [0.05, 0.1) is 0 Å². The molecule has 4 heteroatoms. The van der Waals surface area contributed by atoms with E-state index in [1.54, 1.807) is 0 Å². The van der Waals surface area contributed by atoms with E-state index < -0.39 is 0 Å². The summed E-state index contributed by atoms with van der Waals surface area (Å²) >= 11 is 0. The summed E-state index contributed by atoms with van der Waals surface area (Å²) in [6.45, 7) is 2.37. The lowest BCUT2D eigenvalue weighted by molar-refractivity contribution is 0.0740. The van der Waals surface area contributed by atoms with E-state index in [1.807, 2.05) is 29.2 Å². The summed E-state index contributed by atoms with van der Waals surface area (Å²) < 4.78 is 0. The van der Waals surface area contributed by atoms with Crippen LogP contribution in [-0.2, 0) is 6.42 Å².